The maximum Gasteiger partial charge on any atom is 0.370 e. The van der Waals surface area contributed by atoms with E-state index in [0.717, 1.165) is 0 Å². The van der Waals surface area contributed by atoms with Crippen LogP contribution >= 0.6 is 15.2 Å². The Balaban J connectivity index is 3.83. The molecule has 0 amide bonds. The van der Waals surface area contributed by atoms with Gasteiger partial charge in [0.1, 0.15) is 0 Å². The molecule has 0 fully saturated rings. The summed E-state index contributed by atoms with van der Waals surface area (Å²) in [6.07, 6.45) is -0.793. The van der Waals surface area contributed by atoms with Gasteiger partial charge in [0.05, 0.1) is 31.5 Å². The third-order valence-electron chi connectivity index (χ3n) is 3.43. The van der Waals surface area contributed by atoms with E-state index in [1.807, 2.05) is 0 Å². The Morgan fingerprint density at radius 2 is 1.19 bits per heavy atom. The van der Waals surface area contributed by atoms with Crippen molar-refractivity contribution < 1.29 is 36.4 Å². The lowest BCUT2D eigenvalue weighted by molar-refractivity contribution is 0.138. The van der Waals surface area contributed by atoms with Crippen LogP contribution in [0.1, 0.15) is 61.0 Å². The van der Waals surface area contributed by atoms with Crippen molar-refractivity contribution in [2.45, 2.75) is 79.8 Å². The molecule has 0 aliphatic heterocycles. The summed E-state index contributed by atoms with van der Waals surface area (Å²) >= 11 is 0. The van der Waals surface area contributed by atoms with Crippen molar-refractivity contribution in [3.8, 4) is 5.75 Å². The second-order valence-corrected chi connectivity index (χ2v) is 12.2. The molecule has 1 aromatic carbocycles. The van der Waals surface area contributed by atoms with E-state index in [0.29, 0.717) is 0 Å². The van der Waals surface area contributed by atoms with E-state index in [9.17, 15) is 13.5 Å². The smallest absolute Gasteiger partial charge is 0.370 e. The Kier molecular flexibility index (Phi) is 10.6. The first-order chi connectivity index (χ1) is 14.2. The molecular weight excluding hydrogens is 445 g/mol. The molecule has 0 spiro atoms. The average Bonchev–Trinajstić information content (AvgIpc) is 2.56. The fourth-order valence-electron chi connectivity index (χ4n) is 2.61. The van der Waals surface area contributed by atoms with Crippen molar-refractivity contribution in [3.05, 3.63) is 34.6 Å². The number of halogens is 1. The third kappa shape index (κ3) is 8.45. The van der Waals surface area contributed by atoms with E-state index in [4.69, 9.17) is 22.8 Å². The summed E-state index contributed by atoms with van der Waals surface area (Å²) in [4.78, 5) is 0. The van der Waals surface area contributed by atoms with E-state index < -0.39 is 45.4 Å². The highest BCUT2D eigenvalue weighted by molar-refractivity contribution is 7.79. The second kappa shape index (κ2) is 11.7. The number of benzene rings is 1. The summed E-state index contributed by atoms with van der Waals surface area (Å²) in [6, 6.07) is 4.11. The quantitative estimate of drug-likeness (QED) is 0.292. The first kappa shape index (κ1) is 28.0. The van der Waals surface area contributed by atoms with Gasteiger partial charge in [0, 0.05) is 0 Å². The highest BCUT2D eigenvalue weighted by Crippen LogP contribution is 2.75. The first-order valence-electron chi connectivity index (χ1n) is 10.2. The topological polar surface area (TPSA) is 80.3 Å². The van der Waals surface area contributed by atoms with Crippen LogP contribution in [0.3, 0.4) is 0 Å². The van der Waals surface area contributed by atoms with Crippen molar-refractivity contribution >= 4 is 21.3 Å². The molecule has 31 heavy (non-hydrogen) atoms. The molecule has 0 unspecified atom stereocenters. The Morgan fingerprint density at radius 3 is 1.48 bits per heavy atom. The van der Waals surface area contributed by atoms with Gasteiger partial charge < -0.3 is 22.8 Å². The normalized spacial score (nSPS) is 12.8. The molecule has 1 aromatic rings. The number of rotatable bonds is 12. The highest BCUT2D eigenvalue weighted by Gasteiger charge is 2.47. The van der Waals surface area contributed by atoms with Crippen molar-refractivity contribution in [1.29, 1.82) is 0 Å². The van der Waals surface area contributed by atoms with Crippen LogP contribution in [-0.4, -0.2) is 31.5 Å². The molecule has 0 saturated carbocycles. The fraction of sp³-hybridized carbons (Fsp3) is 0.619. The van der Waals surface area contributed by atoms with E-state index >= 15 is 0 Å². The third-order valence-corrected chi connectivity index (χ3v) is 9.08. The maximum absolute atomic E-state index is 14.3. The lowest BCUT2D eigenvalue weighted by Gasteiger charge is -2.30. The zero-order valence-electron chi connectivity index (χ0n) is 19.7. The van der Waals surface area contributed by atoms with Gasteiger partial charge in [0.25, 0.3) is 0 Å². The molecule has 0 atom stereocenters. The average molecular weight is 480 g/mol. The van der Waals surface area contributed by atoms with E-state index in [1.54, 1.807) is 55.4 Å². The zero-order chi connectivity index (χ0) is 24.0. The van der Waals surface area contributed by atoms with Gasteiger partial charge in [-0.1, -0.05) is 6.07 Å². The minimum Gasteiger partial charge on any atom is -0.494 e. The molecule has 0 saturated heterocycles. The predicted octanol–water partition coefficient (Wildman–Crippen LogP) is 7.22. The van der Waals surface area contributed by atoms with Crippen molar-refractivity contribution in [2.75, 3.05) is 7.11 Å². The van der Waals surface area contributed by atoms with Gasteiger partial charge in [0.2, 0.25) is 0 Å². The van der Waals surface area contributed by atoms with Gasteiger partial charge in [-0.05, 0) is 79.2 Å². The Hall–Kier alpha value is -1.01. The summed E-state index contributed by atoms with van der Waals surface area (Å²) in [5, 5.41) is -0.283. The second-order valence-electron chi connectivity index (χ2n) is 8.01. The summed E-state index contributed by atoms with van der Waals surface area (Å²) in [5.74, 6) is -0.594. The van der Waals surface area contributed by atoms with Crippen LogP contribution in [0.4, 0.5) is 4.39 Å². The number of hydrogen-bond donors (Lipinski definition) is 0. The van der Waals surface area contributed by atoms with Crippen LogP contribution in [0.15, 0.2) is 23.3 Å². The summed E-state index contributed by atoms with van der Waals surface area (Å²) in [5.41, 5.74) is 0.271. The molecule has 0 radical (unpaired) electrons. The lowest BCUT2D eigenvalue weighted by Crippen LogP contribution is -2.14. The highest BCUT2D eigenvalue weighted by atomic mass is 31.2. The standard InChI is InChI=1S/C21H35FO7P2/c1-14(2)26-30(23,27-15(3)4)21(31(24,28-16(5)6)29-17(7)8)13-18-10-11-20(25-9)19(22)12-18/h10-17H,1-9H3. The predicted molar refractivity (Wildman–Crippen MR) is 121 cm³/mol. The van der Waals surface area contributed by atoms with Crippen molar-refractivity contribution in [2.24, 2.45) is 0 Å². The zero-order valence-corrected chi connectivity index (χ0v) is 21.5. The number of ether oxygens (including phenoxy) is 1. The molecule has 0 bridgehead atoms. The molecule has 178 valence electrons. The van der Waals surface area contributed by atoms with Crippen LogP contribution in [0, 0.1) is 5.82 Å². The largest absolute Gasteiger partial charge is 0.494 e. The molecule has 0 heterocycles. The molecule has 1 rings (SSSR count). The van der Waals surface area contributed by atoms with Gasteiger partial charge in [-0.3, -0.25) is 9.13 Å². The minimum absolute atomic E-state index is 0.0405. The fourth-order valence-corrected chi connectivity index (χ4v) is 7.74. The Bertz CT molecular complexity index is 782. The number of hydrogen-bond acceptors (Lipinski definition) is 7. The molecule has 0 aliphatic rings. The monoisotopic (exact) mass is 480 g/mol. The lowest BCUT2D eigenvalue weighted by atomic mass is 10.2. The van der Waals surface area contributed by atoms with Crippen LogP contribution in [0.25, 0.3) is 6.08 Å². The van der Waals surface area contributed by atoms with Crippen LogP contribution in [0.5, 0.6) is 5.75 Å². The minimum atomic E-state index is -4.18. The molecular formula is C21H35FO7P2. The van der Waals surface area contributed by atoms with Crippen LogP contribution < -0.4 is 4.74 Å². The van der Waals surface area contributed by atoms with E-state index in [1.165, 1.54) is 31.4 Å². The molecule has 0 N–H and O–H groups in total. The molecule has 10 heteroatoms. The van der Waals surface area contributed by atoms with Crippen LogP contribution in [0.2, 0.25) is 0 Å². The van der Waals surface area contributed by atoms with E-state index in [2.05, 4.69) is 0 Å². The maximum atomic E-state index is 14.3. The molecule has 7 nitrogen and oxygen atoms in total. The SMILES string of the molecule is COc1ccc(C=C(P(=O)(OC(C)C)OC(C)C)P(=O)(OC(C)C)OC(C)C)cc1F. The Labute approximate surface area is 185 Å². The van der Waals surface area contributed by atoms with Crippen molar-refractivity contribution in [3.63, 3.8) is 0 Å². The van der Waals surface area contributed by atoms with Gasteiger partial charge in [-0.2, -0.15) is 0 Å². The Morgan fingerprint density at radius 1 is 0.806 bits per heavy atom. The van der Waals surface area contributed by atoms with Gasteiger partial charge in [-0.25, -0.2) is 4.39 Å². The molecule has 0 aliphatic carbocycles. The van der Waals surface area contributed by atoms with Gasteiger partial charge in [-0.15, -0.1) is 0 Å². The summed E-state index contributed by atoms with van der Waals surface area (Å²) < 4.78 is 70.0. The van der Waals surface area contributed by atoms with Gasteiger partial charge in [0.15, 0.2) is 16.6 Å². The first-order valence-corrected chi connectivity index (χ1v) is 13.3. The van der Waals surface area contributed by atoms with E-state index in [-0.39, 0.29) is 16.4 Å². The van der Waals surface area contributed by atoms with Gasteiger partial charge >= 0.3 is 15.2 Å². The number of methoxy groups -OCH3 is 1. The summed E-state index contributed by atoms with van der Waals surface area (Å²) in [7, 11) is -7.01. The molecule has 0 aromatic heterocycles. The van der Waals surface area contributed by atoms with Crippen LogP contribution in [-0.2, 0) is 27.2 Å². The van der Waals surface area contributed by atoms with Crippen molar-refractivity contribution in [1.82, 2.24) is 0 Å². The summed E-state index contributed by atoms with van der Waals surface area (Å²) in [6.45, 7) is 13.4.